The molecular weight excluding hydrogens is 264 g/mol. The summed E-state index contributed by atoms with van der Waals surface area (Å²) in [6.45, 7) is 1.83. The number of halogens is 1. The van der Waals surface area contributed by atoms with E-state index in [2.05, 4.69) is 18.0 Å². The largest absolute Gasteiger partial charge is 0.329 e. The van der Waals surface area contributed by atoms with E-state index in [4.69, 9.17) is 17.3 Å². The number of hydrogen-bond donors (Lipinski definition) is 1. The molecule has 0 bridgehead atoms. The van der Waals surface area contributed by atoms with E-state index < -0.39 is 0 Å². The highest BCUT2D eigenvalue weighted by molar-refractivity contribution is 7.10. The van der Waals surface area contributed by atoms with E-state index in [1.54, 1.807) is 11.3 Å². The third-order valence-corrected chi connectivity index (χ3v) is 5.32. The number of thiophene rings is 1. The molecule has 0 radical (unpaired) electrons. The molecule has 1 unspecified atom stereocenters. The van der Waals surface area contributed by atoms with Gasteiger partial charge in [-0.3, -0.25) is 4.90 Å². The molecule has 0 spiro atoms. The van der Waals surface area contributed by atoms with Gasteiger partial charge in [0.1, 0.15) is 0 Å². The fourth-order valence-corrected chi connectivity index (χ4v) is 4.18. The third kappa shape index (κ3) is 3.70. The summed E-state index contributed by atoms with van der Waals surface area (Å²) in [5.74, 6) is 0.855. The van der Waals surface area contributed by atoms with Gasteiger partial charge < -0.3 is 5.73 Å². The molecule has 0 amide bonds. The van der Waals surface area contributed by atoms with Gasteiger partial charge >= 0.3 is 0 Å². The van der Waals surface area contributed by atoms with Crippen LogP contribution in [0.3, 0.4) is 0 Å². The molecule has 2 N–H and O–H groups in total. The Kier molecular flexibility index (Phi) is 5.49. The Morgan fingerprint density at radius 1 is 1.44 bits per heavy atom. The van der Waals surface area contributed by atoms with Crippen molar-refractivity contribution in [1.29, 1.82) is 0 Å². The molecule has 102 valence electrons. The molecule has 1 aromatic heterocycles. The first-order chi connectivity index (χ1) is 8.70. The molecule has 2 rings (SSSR count). The van der Waals surface area contributed by atoms with Gasteiger partial charge in [-0.1, -0.05) is 30.9 Å². The second kappa shape index (κ2) is 6.90. The van der Waals surface area contributed by atoms with E-state index in [-0.39, 0.29) is 0 Å². The van der Waals surface area contributed by atoms with Crippen molar-refractivity contribution in [2.75, 3.05) is 20.1 Å². The zero-order valence-electron chi connectivity index (χ0n) is 11.1. The van der Waals surface area contributed by atoms with Crippen LogP contribution >= 0.6 is 22.9 Å². The molecule has 2 nitrogen and oxygen atoms in total. The summed E-state index contributed by atoms with van der Waals surface area (Å²) in [5, 5.41) is 2.83. The number of nitrogens with zero attached hydrogens (tertiary/aromatic N) is 1. The first-order valence-electron chi connectivity index (χ1n) is 6.85. The van der Waals surface area contributed by atoms with Crippen molar-refractivity contribution in [2.45, 2.75) is 38.1 Å². The topological polar surface area (TPSA) is 29.3 Å². The number of rotatable bonds is 5. The van der Waals surface area contributed by atoms with Gasteiger partial charge in [0.05, 0.1) is 11.1 Å². The lowest BCUT2D eigenvalue weighted by Crippen LogP contribution is -2.34. The summed E-state index contributed by atoms with van der Waals surface area (Å²) in [7, 11) is 2.19. The summed E-state index contributed by atoms with van der Waals surface area (Å²) >= 11 is 7.73. The van der Waals surface area contributed by atoms with Gasteiger partial charge in [-0.25, -0.2) is 0 Å². The van der Waals surface area contributed by atoms with Crippen molar-refractivity contribution >= 4 is 22.9 Å². The van der Waals surface area contributed by atoms with Crippen molar-refractivity contribution < 1.29 is 0 Å². The Bertz CT molecular complexity index is 360. The van der Waals surface area contributed by atoms with E-state index in [1.807, 2.05) is 5.38 Å². The van der Waals surface area contributed by atoms with Crippen LogP contribution in [0.5, 0.6) is 0 Å². The predicted octanol–water partition coefficient (Wildman–Crippen LogP) is 3.91. The Hall–Kier alpha value is -0.0900. The van der Waals surface area contributed by atoms with Gasteiger partial charge in [-0.2, -0.15) is 0 Å². The zero-order valence-corrected chi connectivity index (χ0v) is 12.6. The minimum Gasteiger partial charge on any atom is -0.329 e. The van der Waals surface area contributed by atoms with Crippen molar-refractivity contribution in [3.05, 3.63) is 21.3 Å². The highest BCUT2D eigenvalue weighted by Crippen LogP contribution is 2.30. The average molecular weight is 287 g/mol. The van der Waals surface area contributed by atoms with Gasteiger partial charge in [0.15, 0.2) is 0 Å². The minimum absolute atomic E-state index is 0.324. The smallest absolute Gasteiger partial charge is 0.0562 e. The number of nitrogens with two attached hydrogens (primary N) is 1. The van der Waals surface area contributed by atoms with Crippen LogP contribution in [0.25, 0.3) is 0 Å². The molecule has 1 aliphatic rings. The van der Waals surface area contributed by atoms with Gasteiger partial charge in [0.2, 0.25) is 0 Å². The van der Waals surface area contributed by atoms with Gasteiger partial charge in [-0.15, -0.1) is 11.3 Å². The fraction of sp³-hybridized carbons (Fsp3) is 0.714. The lowest BCUT2D eigenvalue weighted by molar-refractivity contribution is 0.188. The summed E-state index contributed by atoms with van der Waals surface area (Å²) < 4.78 is 0. The average Bonchev–Trinajstić information content (AvgIpc) is 2.78. The Morgan fingerprint density at radius 2 is 2.17 bits per heavy atom. The SMILES string of the molecule is CN(CC1CCCCC1)C(CN)c1cc(Cl)cs1. The standard InChI is InChI=1S/C14H23ClN2S/c1-17(9-11-5-3-2-4-6-11)13(8-16)14-7-12(15)10-18-14/h7,10-11,13H,2-6,8-9,16H2,1H3. The molecule has 0 aromatic carbocycles. The number of likely N-dealkylation sites (N-methyl/N-ethyl adjacent to an activating group) is 1. The lowest BCUT2D eigenvalue weighted by atomic mass is 9.88. The molecule has 4 heteroatoms. The lowest BCUT2D eigenvalue weighted by Gasteiger charge is -2.31. The Labute approximate surface area is 119 Å². The van der Waals surface area contributed by atoms with Crippen LogP contribution < -0.4 is 5.73 Å². The van der Waals surface area contributed by atoms with Gasteiger partial charge in [-0.05, 0) is 31.9 Å². The molecule has 1 heterocycles. The van der Waals surface area contributed by atoms with Crippen LogP contribution in [-0.4, -0.2) is 25.0 Å². The molecule has 1 saturated carbocycles. The van der Waals surface area contributed by atoms with Crippen LogP contribution in [0.2, 0.25) is 5.02 Å². The molecule has 1 atom stereocenters. The maximum atomic E-state index is 6.01. The normalized spacial score (nSPS) is 19.3. The first-order valence-corrected chi connectivity index (χ1v) is 8.10. The molecule has 0 aliphatic heterocycles. The van der Waals surface area contributed by atoms with E-state index in [1.165, 1.54) is 37.0 Å². The summed E-state index contributed by atoms with van der Waals surface area (Å²) in [4.78, 5) is 3.71. The van der Waals surface area contributed by atoms with E-state index in [0.29, 0.717) is 12.6 Å². The molecule has 1 fully saturated rings. The molecule has 18 heavy (non-hydrogen) atoms. The Morgan fingerprint density at radius 3 is 2.72 bits per heavy atom. The minimum atomic E-state index is 0.324. The van der Waals surface area contributed by atoms with Gasteiger partial charge in [0.25, 0.3) is 0 Å². The fourth-order valence-electron chi connectivity index (χ4n) is 2.92. The highest BCUT2D eigenvalue weighted by Gasteiger charge is 2.21. The number of hydrogen-bond acceptors (Lipinski definition) is 3. The predicted molar refractivity (Wildman–Crippen MR) is 80.3 cm³/mol. The van der Waals surface area contributed by atoms with Crippen LogP contribution in [0, 0.1) is 5.92 Å². The second-order valence-electron chi connectivity index (χ2n) is 5.36. The summed E-state index contributed by atoms with van der Waals surface area (Å²) in [6.07, 6.45) is 6.98. The summed E-state index contributed by atoms with van der Waals surface area (Å²) in [6, 6.07) is 2.38. The second-order valence-corrected chi connectivity index (χ2v) is 6.74. The summed E-state index contributed by atoms with van der Waals surface area (Å²) in [5.41, 5.74) is 5.94. The first kappa shape index (κ1) is 14.3. The van der Waals surface area contributed by atoms with Crippen molar-refractivity contribution in [3.8, 4) is 0 Å². The van der Waals surface area contributed by atoms with E-state index >= 15 is 0 Å². The van der Waals surface area contributed by atoms with Crippen LogP contribution in [0.4, 0.5) is 0 Å². The Balaban J connectivity index is 1.94. The molecule has 1 aromatic rings. The monoisotopic (exact) mass is 286 g/mol. The van der Waals surface area contributed by atoms with Crippen molar-refractivity contribution in [2.24, 2.45) is 11.7 Å². The van der Waals surface area contributed by atoms with Crippen LogP contribution in [0.15, 0.2) is 11.4 Å². The molecule has 0 saturated heterocycles. The van der Waals surface area contributed by atoms with Crippen LogP contribution in [-0.2, 0) is 0 Å². The highest BCUT2D eigenvalue weighted by atomic mass is 35.5. The van der Waals surface area contributed by atoms with Crippen molar-refractivity contribution in [1.82, 2.24) is 4.90 Å². The van der Waals surface area contributed by atoms with Gasteiger partial charge in [0, 0.05) is 23.3 Å². The molecular formula is C14H23ClN2S. The third-order valence-electron chi connectivity index (χ3n) is 3.94. The zero-order chi connectivity index (χ0) is 13.0. The maximum absolute atomic E-state index is 6.01. The molecule has 1 aliphatic carbocycles. The van der Waals surface area contributed by atoms with E-state index in [9.17, 15) is 0 Å². The van der Waals surface area contributed by atoms with E-state index in [0.717, 1.165) is 17.5 Å². The maximum Gasteiger partial charge on any atom is 0.0562 e. The quantitative estimate of drug-likeness (QED) is 0.889. The van der Waals surface area contributed by atoms with Crippen molar-refractivity contribution in [3.63, 3.8) is 0 Å². The van der Waals surface area contributed by atoms with Crippen LogP contribution in [0.1, 0.15) is 43.0 Å².